The summed E-state index contributed by atoms with van der Waals surface area (Å²) in [6, 6.07) is 13.4. The van der Waals surface area contributed by atoms with E-state index in [0.717, 1.165) is 11.3 Å². The number of hydrogen-bond acceptors (Lipinski definition) is 9. The zero-order valence-electron chi connectivity index (χ0n) is 18.5. The number of aliphatic hydroxyl groups is 1. The van der Waals surface area contributed by atoms with Crippen LogP contribution in [0.3, 0.4) is 0 Å². The molecular weight excluding hydrogens is 486 g/mol. The van der Waals surface area contributed by atoms with E-state index in [9.17, 15) is 15.6 Å². The van der Waals surface area contributed by atoms with Crippen LogP contribution >= 0.6 is 23.4 Å². The van der Waals surface area contributed by atoms with Gasteiger partial charge in [0, 0.05) is 40.7 Å². The van der Waals surface area contributed by atoms with Crippen molar-refractivity contribution in [1.82, 2.24) is 20.2 Å². The second-order valence-corrected chi connectivity index (χ2v) is 9.42. The molecule has 4 heterocycles. The van der Waals surface area contributed by atoms with Crippen molar-refractivity contribution in [2.24, 2.45) is 0 Å². The van der Waals surface area contributed by atoms with Crippen LogP contribution in [0.25, 0.3) is 22.7 Å². The number of nitriles is 2. The number of H-pyrrole nitrogens is 1. The summed E-state index contributed by atoms with van der Waals surface area (Å²) in [7, 11) is 0. The van der Waals surface area contributed by atoms with E-state index in [1.54, 1.807) is 24.5 Å². The van der Waals surface area contributed by atoms with E-state index in [-0.39, 0.29) is 11.1 Å². The van der Waals surface area contributed by atoms with Gasteiger partial charge >= 0.3 is 0 Å². The fraction of sp³-hybridized carbons (Fsp3) is 0.208. The number of oxazole rings is 1. The summed E-state index contributed by atoms with van der Waals surface area (Å²) >= 11 is 7.28. The van der Waals surface area contributed by atoms with E-state index in [1.165, 1.54) is 11.8 Å². The molecule has 0 bridgehead atoms. The van der Waals surface area contributed by atoms with Crippen LogP contribution in [0.5, 0.6) is 0 Å². The first-order chi connectivity index (χ1) is 17.0. The lowest BCUT2D eigenvalue weighted by Crippen LogP contribution is -2.51. The Hall–Kier alpha value is -3.83. The molecule has 1 aliphatic heterocycles. The summed E-state index contributed by atoms with van der Waals surface area (Å²) in [5.41, 5.74) is 3.73. The third-order valence-electron chi connectivity index (χ3n) is 5.49. The van der Waals surface area contributed by atoms with Gasteiger partial charge in [0.15, 0.2) is 0 Å². The highest BCUT2D eigenvalue weighted by Crippen LogP contribution is 2.39. The minimum Gasteiger partial charge on any atom is -0.444 e. The number of aryl methyl sites for hydroxylation is 1. The molecule has 0 radical (unpaired) electrons. The molecule has 35 heavy (non-hydrogen) atoms. The molecule has 2 N–H and O–H groups in total. The van der Waals surface area contributed by atoms with E-state index >= 15 is 0 Å². The maximum atomic E-state index is 10.1. The van der Waals surface area contributed by atoms with Crippen molar-refractivity contribution in [2.45, 2.75) is 23.8 Å². The predicted octanol–water partition coefficient (Wildman–Crippen LogP) is 4.31. The SMILES string of the molecule is Cc1cc(-c2c(C#N)c(SCc3coc(-c4ccc(Cl)cc4)n3)nc(N3CC(O)C3)c2C#N)n[nH]1. The maximum absolute atomic E-state index is 10.1. The number of thioether (sulfide) groups is 1. The highest BCUT2D eigenvalue weighted by Gasteiger charge is 2.32. The molecule has 0 atom stereocenters. The number of β-amino-alcohol motifs (C(OH)–C–C–N with tert-alkyl or cyclic N) is 1. The summed E-state index contributed by atoms with van der Waals surface area (Å²) in [5.74, 6) is 1.29. The van der Waals surface area contributed by atoms with Crippen LogP contribution in [0, 0.1) is 29.6 Å². The Morgan fingerprint density at radius 2 is 1.94 bits per heavy atom. The maximum Gasteiger partial charge on any atom is 0.226 e. The molecule has 3 aromatic heterocycles. The lowest BCUT2D eigenvalue weighted by Gasteiger charge is -2.37. The number of aromatic nitrogens is 4. The number of nitrogens with one attached hydrogen (secondary N) is 1. The number of hydrogen-bond donors (Lipinski definition) is 2. The molecule has 0 spiro atoms. The second-order valence-electron chi connectivity index (χ2n) is 8.02. The molecule has 1 aromatic carbocycles. The molecule has 5 rings (SSSR count). The predicted molar refractivity (Wildman–Crippen MR) is 131 cm³/mol. The molecule has 11 heteroatoms. The normalized spacial score (nSPS) is 13.3. The van der Waals surface area contributed by atoms with Crippen LogP contribution in [0.2, 0.25) is 5.02 Å². The summed E-state index contributed by atoms with van der Waals surface area (Å²) in [6.45, 7) is 2.58. The number of benzene rings is 1. The molecule has 174 valence electrons. The molecular formula is C24H18ClN7O2S. The third-order valence-corrected chi connectivity index (χ3v) is 6.75. The van der Waals surface area contributed by atoms with Crippen LogP contribution < -0.4 is 4.90 Å². The Balaban J connectivity index is 1.51. The second kappa shape index (κ2) is 9.43. The molecule has 1 aliphatic rings. The van der Waals surface area contributed by atoms with Gasteiger partial charge in [0.05, 0.1) is 23.1 Å². The van der Waals surface area contributed by atoms with E-state index in [4.69, 9.17) is 16.0 Å². The van der Waals surface area contributed by atoms with Gasteiger partial charge in [0.2, 0.25) is 5.89 Å². The van der Waals surface area contributed by atoms with Gasteiger partial charge in [0.25, 0.3) is 0 Å². The number of nitrogens with zero attached hydrogens (tertiary/aromatic N) is 6. The van der Waals surface area contributed by atoms with E-state index in [1.807, 2.05) is 24.0 Å². The summed E-state index contributed by atoms with van der Waals surface area (Å²) < 4.78 is 5.62. The van der Waals surface area contributed by atoms with Crippen molar-refractivity contribution in [3.63, 3.8) is 0 Å². The van der Waals surface area contributed by atoms with Gasteiger partial charge < -0.3 is 14.4 Å². The quantitative estimate of drug-likeness (QED) is 0.368. The van der Waals surface area contributed by atoms with Crippen molar-refractivity contribution in [1.29, 1.82) is 10.5 Å². The Morgan fingerprint density at radius 1 is 1.20 bits per heavy atom. The number of aliphatic hydroxyl groups excluding tert-OH is 1. The van der Waals surface area contributed by atoms with Crippen molar-refractivity contribution in [3.05, 3.63) is 64.1 Å². The zero-order valence-corrected chi connectivity index (χ0v) is 20.1. The highest BCUT2D eigenvalue weighted by atomic mass is 35.5. The topological polar surface area (TPSA) is 139 Å². The fourth-order valence-electron chi connectivity index (χ4n) is 3.77. The lowest BCUT2D eigenvalue weighted by molar-refractivity contribution is 0.141. The van der Waals surface area contributed by atoms with Gasteiger partial charge in [-0.3, -0.25) is 5.10 Å². The minimum absolute atomic E-state index is 0.260. The Bertz CT molecular complexity index is 1480. The minimum atomic E-state index is -0.479. The first kappa shape index (κ1) is 22.9. The first-order valence-electron chi connectivity index (χ1n) is 10.6. The standard InChI is InChI=1S/C24H18ClN7O2S/c1-13-6-20(31-30-13)21-18(7-26)22(32-9-17(33)10-32)29-24(19(21)8-27)35-12-16-11-34-23(28-16)14-2-4-15(25)5-3-14/h2-6,11,17,33H,9-10,12H2,1H3,(H,30,31). The van der Waals surface area contributed by atoms with Crippen molar-refractivity contribution in [3.8, 4) is 34.8 Å². The average molecular weight is 504 g/mol. The molecule has 9 nitrogen and oxygen atoms in total. The molecule has 0 saturated carbocycles. The smallest absolute Gasteiger partial charge is 0.226 e. The van der Waals surface area contributed by atoms with Crippen LogP contribution in [-0.4, -0.2) is 44.5 Å². The van der Waals surface area contributed by atoms with Crippen molar-refractivity contribution in [2.75, 3.05) is 18.0 Å². The van der Waals surface area contributed by atoms with Crippen LogP contribution in [0.4, 0.5) is 5.82 Å². The number of anilines is 1. The number of halogens is 1. The monoisotopic (exact) mass is 503 g/mol. The first-order valence-corrected chi connectivity index (χ1v) is 12.0. The van der Waals surface area contributed by atoms with Gasteiger partial charge in [-0.05, 0) is 37.3 Å². The Kier molecular flexibility index (Phi) is 6.18. The molecule has 0 amide bonds. The van der Waals surface area contributed by atoms with Crippen molar-refractivity contribution < 1.29 is 9.52 Å². The molecule has 1 saturated heterocycles. The lowest BCUT2D eigenvalue weighted by atomic mass is 9.99. The van der Waals surface area contributed by atoms with E-state index in [2.05, 4.69) is 32.3 Å². The van der Waals surface area contributed by atoms with Gasteiger partial charge in [-0.1, -0.05) is 23.4 Å². The summed E-state index contributed by atoms with van der Waals surface area (Å²) in [6.07, 6.45) is 1.09. The molecule has 1 fully saturated rings. The van der Waals surface area contributed by atoms with Gasteiger partial charge in [-0.2, -0.15) is 15.6 Å². The van der Waals surface area contributed by atoms with Crippen LogP contribution in [-0.2, 0) is 5.75 Å². The molecule has 0 aliphatic carbocycles. The third kappa shape index (κ3) is 4.47. The zero-order chi connectivity index (χ0) is 24.5. The largest absolute Gasteiger partial charge is 0.444 e. The number of pyridine rings is 1. The van der Waals surface area contributed by atoms with Crippen LogP contribution in [0.1, 0.15) is 22.5 Å². The van der Waals surface area contributed by atoms with Gasteiger partial charge in [0.1, 0.15) is 34.8 Å². The number of rotatable bonds is 6. The van der Waals surface area contributed by atoms with Gasteiger partial charge in [-0.15, -0.1) is 0 Å². The highest BCUT2D eigenvalue weighted by molar-refractivity contribution is 7.98. The molecule has 4 aromatic rings. The van der Waals surface area contributed by atoms with Crippen molar-refractivity contribution >= 4 is 29.2 Å². The van der Waals surface area contributed by atoms with E-state index in [0.29, 0.717) is 57.6 Å². The summed E-state index contributed by atoms with van der Waals surface area (Å²) in [5, 5.41) is 38.1. The summed E-state index contributed by atoms with van der Waals surface area (Å²) in [4.78, 5) is 11.0. The fourth-order valence-corrected chi connectivity index (χ4v) is 4.75. The van der Waals surface area contributed by atoms with E-state index < -0.39 is 6.10 Å². The Labute approximate surface area is 210 Å². The Morgan fingerprint density at radius 3 is 2.57 bits per heavy atom. The molecule has 0 unspecified atom stereocenters. The van der Waals surface area contributed by atoms with Crippen LogP contribution in [0.15, 0.2) is 46.0 Å². The average Bonchev–Trinajstić information content (AvgIpc) is 3.49. The van der Waals surface area contributed by atoms with Gasteiger partial charge in [-0.25, -0.2) is 9.97 Å². The number of aromatic amines is 1.